The Hall–Kier alpha value is -3.27. The molecule has 0 aliphatic carbocycles. The highest BCUT2D eigenvalue weighted by atomic mass is 35.5. The van der Waals surface area contributed by atoms with Crippen LogP contribution in [-0.4, -0.2) is 6.21 Å². The summed E-state index contributed by atoms with van der Waals surface area (Å²) < 4.78 is 0. The number of nitrogens with one attached hydrogen (secondary N) is 1. The second kappa shape index (κ2) is 10.5. The van der Waals surface area contributed by atoms with Crippen LogP contribution in [0, 0.1) is 0 Å². The summed E-state index contributed by atoms with van der Waals surface area (Å²) in [5.41, 5.74) is 8.23. The lowest BCUT2D eigenvalue weighted by Crippen LogP contribution is -2.09. The Balaban J connectivity index is 0.00000256. The zero-order chi connectivity index (χ0) is 19.9. The first kappa shape index (κ1) is 21.4. The molecule has 0 fully saturated rings. The van der Waals surface area contributed by atoms with Gasteiger partial charge in [0.15, 0.2) is 0 Å². The predicted molar refractivity (Wildman–Crippen MR) is 131 cm³/mol. The van der Waals surface area contributed by atoms with Crippen molar-refractivity contribution in [2.24, 2.45) is 5.10 Å². The molecule has 0 heterocycles. The molecule has 4 aromatic carbocycles. The minimum Gasteiger partial charge on any atom is -0.311 e. The fraction of sp³-hybridized carbons (Fsp3) is 0. The van der Waals surface area contributed by atoms with Gasteiger partial charge in [-0.15, -0.1) is 12.4 Å². The van der Waals surface area contributed by atoms with Crippen molar-refractivity contribution in [2.45, 2.75) is 0 Å². The fourth-order valence-corrected chi connectivity index (χ4v) is 3.14. The van der Waals surface area contributed by atoms with Crippen LogP contribution in [0.3, 0.4) is 0 Å². The molecule has 0 spiro atoms. The highest BCUT2D eigenvalue weighted by Crippen LogP contribution is 2.33. The number of hydrogen-bond acceptors (Lipinski definition) is 3. The van der Waals surface area contributed by atoms with E-state index in [1.807, 2.05) is 36.4 Å². The maximum atomic E-state index is 5.90. The van der Waals surface area contributed by atoms with Crippen LogP contribution in [0.1, 0.15) is 5.56 Å². The zero-order valence-electron chi connectivity index (χ0n) is 16.2. The second-order valence-electron chi connectivity index (χ2n) is 6.47. The normalized spacial score (nSPS) is 10.4. The van der Waals surface area contributed by atoms with Gasteiger partial charge in [-0.3, -0.25) is 5.43 Å². The largest absolute Gasteiger partial charge is 0.311 e. The lowest BCUT2D eigenvalue weighted by molar-refractivity contribution is 1.28. The molecule has 4 rings (SSSR count). The SMILES string of the molecule is Cl.Clc1ccc(N/N=C/c2ccc(N(c3ccccc3)c3ccccc3)cc2)cc1. The molecule has 0 aliphatic heterocycles. The van der Waals surface area contributed by atoms with Crippen molar-refractivity contribution < 1.29 is 0 Å². The van der Waals surface area contributed by atoms with E-state index in [-0.39, 0.29) is 12.4 Å². The summed E-state index contributed by atoms with van der Waals surface area (Å²) in [7, 11) is 0. The van der Waals surface area contributed by atoms with Gasteiger partial charge in [0.2, 0.25) is 0 Å². The molecule has 5 heteroatoms. The van der Waals surface area contributed by atoms with E-state index in [0.717, 1.165) is 28.3 Å². The first-order chi connectivity index (χ1) is 14.3. The molecule has 0 aliphatic rings. The predicted octanol–water partition coefficient (Wildman–Crippen LogP) is 7.68. The molecular weight excluding hydrogens is 413 g/mol. The fourth-order valence-electron chi connectivity index (χ4n) is 3.02. The van der Waals surface area contributed by atoms with Crippen LogP contribution < -0.4 is 10.3 Å². The van der Waals surface area contributed by atoms with Crippen LogP contribution in [0.4, 0.5) is 22.7 Å². The molecule has 0 saturated carbocycles. The van der Waals surface area contributed by atoms with E-state index < -0.39 is 0 Å². The van der Waals surface area contributed by atoms with E-state index in [1.165, 1.54) is 0 Å². The Morgan fingerprint density at radius 2 is 1.13 bits per heavy atom. The monoisotopic (exact) mass is 433 g/mol. The van der Waals surface area contributed by atoms with Gasteiger partial charge in [0, 0.05) is 22.1 Å². The summed E-state index contributed by atoms with van der Waals surface area (Å²) in [6.45, 7) is 0. The molecular formula is C25H21Cl2N3. The van der Waals surface area contributed by atoms with Gasteiger partial charge in [0.05, 0.1) is 11.9 Å². The van der Waals surface area contributed by atoms with Crippen LogP contribution in [0.15, 0.2) is 114 Å². The Morgan fingerprint density at radius 1 is 0.633 bits per heavy atom. The highest BCUT2D eigenvalue weighted by molar-refractivity contribution is 6.30. The van der Waals surface area contributed by atoms with Gasteiger partial charge >= 0.3 is 0 Å². The average Bonchev–Trinajstić information content (AvgIpc) is 2.78. The van der Waals surface area contributed by atoms with Gasteiger partial charge in [-0.2, -0.15) is 5.10 Å². The van der Waals surface area contributed by atoms with Crippen molar-refractivity contribution in [2.75, 3.05) is 10.3 Å². The lowest BCUT2D eigenvalue weighted by atomic mass is 10.1. The Morgan fingerprint density at radius 3 is 1.67 bits per heavy atom. The van der Waals surface area contributed by atoms with Crippen LogP contribution >= 0.6 is 24.0 Å². The molecule has 150 valence electrons. The number of nitrogens with zero attached hydrogens (tertiary/aromatic N) is 2. The smallest absolute Gasteiger partial charge is 0.0562 e. The van der Waals surface area contributed by atoms with Gasteiger partial charge in [0.25, 0.3) is 0 Å². The minimum atomic E-state index is 0. The first-order valence-corrected chi connectivity index (χ1v) is 9.72. The minimum absolute atomic E-state index is 0. The van der Waals surface area contributed by atoms with Crippen LogP contribution in [0.2, 0.25) is 5.02 Å². The summed E-state index contributed by atoms with van der Waals surface area (Å²) in [5.74, 6) is 0. The standard InChI is InChI=1S/C25H20ClN3.ClH/c26-21-13-15-22(16-14-21)28-27-19-20-11-17-25(18-12-20)29(23-7-3-1-4-8-23)24-9-5-2-6-10-24;/h1-19,28H;1H/b27-19+;. The Bertz CT molecular complexity index is 1030. The van der Waals surface area contributed by atoms with Crippen LogP contribution in [0.5, 0.6) is 0 Å². The van der Waals surface area contributed by atoms with E-state index in [0.29, 0.717) is 5.02 Å². The summed E-state index contributed by atoms with van der Waals surface area (Å²) in [6.07, 6.45) is 1.80. The topological polar surface area (TPSA) is 27.6 Å². The zero-order valence-corrected chi connectivity index (χ0v) is 17.7. The Labute approximate surface area is 188 Å². The maximum Gasteiger partial charge on any atom is 0.0562 e. The summed E-state index contributed by atoms with van der Waals surface area (Å²) in [6, 6.07) is 36.4. The molecule has 0 amide bonds. The van der Waals surface area contributed by atoms with E-state index in [9.17, 15) is 0 Å². The number of para-hydroxylation sites is 2. The Kier molecular flexibility index (Phi) is 7.50. The quantitative estimate of drug-likeness (QED) is 0.249. The molecule has 3 nitrogen and oxygen atoms in total. The molecule has 0 radical (unpaired) electrons. The van der Waals surface area contributed by atoms with Crippen LogP contribution in [-0.2, 0) is 0 Å². The van der Waals surface area contributed by atoms with Crippen molar-refractivity contribution >= 4 is 53.0 Å². The number of hydrazone groups is 1. The summed E-state index contributed by atoms with van der Waals surface area (Å²) >= 11 is 5.90. The second-order valence-corrected chi connectivity index (χ2v) is 6.91. The maximum absolute atomic E-state index is 5.90. The van der Waals surface area contributed by atoms with Crippen molar-refractivity contribution in [1.29, 1.82) is 0 Å². The molecule has 1 N–H and O–H groups in total. The van der Waals surface area contributed by atoms with Crippen molar-refractivity contribution in [3.63, 3.8) is 0 Å². The van der Waals surface area contributed by atoms with Gasteiger partial charge < -0.3 is 4.90 Å². The van der Waals surface area contributed by atoms with E-state index >= 15 is 0 Å². The summed E-state index contributed by atoms with van der Waals surface area (Å²) in [5, 5.41) is 5.01. The molecule has 30 heavy (non-hydrogen) atoms. The van der Waals surface area contributed by atoms with Crippen molar-refractivity contribution in [3.05, 3.63) is 120 Å². The van der Waals surface area contributed by atoms with E-state index in [4.69, 9.17) is 11.6 Å². The molecule has 0 aromatic heterocycles. The number of benzene rings is 4. The number of rotatable bonds is 6. The van der Waals surface area contributed by atoms with Crippen molar-refractivity contribution in [1.82, 2.24) is 0 Å². The molecule has 0 unspecified atom stereocenters. The average molecular weight is 434 g/mol. The van der Waals surface area contributed by atoms with E-state index in [2.05, 4.69) is 88.2 Å². The molecule has 0 bridgehead atoms. The van der Waals surface area contributed by atoms with E-state index in [1.54, 1.807) is 6.21 Å². The number of anilines is 4. The lowest BCUT2D eigenvalue weighted by Gasteiger charge is -2.25. The van der Waals surface area contributed by atoms with Gasteiger partial charge in [-0.25, -0.2) is 0 Å². The highest BCUT2D eigenvalue weighted by Gasteiger charge is 2.11. The molecule has 0 atom stereocenters. The third-order valence-corrected chi connectivity index (χ3v) is 4.68. The summed E-state index contributed by atoms with van der Waals surface area (Å²) in [4.78, 5) is 2.23. The van der Waals surface area contributed by atoms with Crippen LogP contribution in [0.25, 0.3) is 0 Å². The van der Waals surface area contributed by atoms with Gasteiger partial charge in [-0.1, -0.05) is 60.1 Å². The first-order valence-electron chi connectivity index (χ1n) is 9.34. The number of hydrogen-bond donors (Lipinski definition) is 1. The number of halogens is 2. The van der Waals surface area contributed by atoms with Crippen molar-refractivity contribution in [3.8, 4) is 0 Å². The molecule has 0 saturated heterocycles. The molecule has 4 aromatic rings. The van der Waals surface area contributed by atoms with Gasteiger partial charge in [-0.05, 0) is 66.2 Å². The van der Waals surface area contributed by atoms with Gasteiger partial charge in [0.1, 0.15) is 0 Å². The third kappa shape index (κ3) is 5.41. The third-order valence-electron chi connectivity index (χ3n) is 4.43.